The molecule has 0 spiro atoms. The van der Waals surface area contributed by atoms with Gasteiger partial charge in [-0.1, -0.05) is 25.4 Å². The quantitative estimate of drug-likeness (QED) is 0.333. The molecule has 1 aromatic carbocycles. The Labute approximate surface area is 194 Å². The summed E-state index contributed by atoms with van der Waals surface area (Å²) in [5.41, 5.74) is -0.211. The molecule has 0 aromatic heterocycles. The van der Waals surface area contributed by atoms with Crippen molar-refractivity contribution < 1.29 is 19.4 Å². The first-order valence-corrected chi connectivity index (χ1v) is 11.6. The molecule has 1 N–H and O–H groups in total. The van der Waals surface area contributed by atoms with Gasteiger partial charge in [0.15, 0.2) is 5.75 Å². The second kappa shape index (κ2) is 8.03. The molecule has 0 radical (unpaired) electrons. The summed E-state index contributed by atoms with van der Waals surface area (Å²) in [5.74, 6) is 0.375. The van der Waals surface area contributed by atoms with E-state index in [4.69, 9.17) is 44.3 Å². The van der Waals surface area contributed by atoms with Gasteiger partial charge in [0.2, 0.25) is 0 Å². The Morgan fingerprint density at radius 1 is 1.23 bits per heavy atom. The number of fused-ring (bicyclic) bond motifs is 1. The Morgan fingerprint density at radius 2 is 1.87 bits per heavy atom. The summed E-state index contributed by atoms with van der Waals surface area (Å²) < 4.78 is 11.8. The first-order chi connectivity index (χ1) is 13.7. The van der Waals surface area contributed by atoms with Gasteiger partial charge in [-0.3, -0.25) is 4.79 Å². The first-order valence-electron chi connectivity index (χ1n) is 10.4. The third-order valence-corrected chi connectivity index (χ3v) is 8.63. The normalized spacial score (nSPS) is 32.1. The van der Waals surface area contributed by atoms with Gasteiger partial charge in [-0.25, -0.2) is 0 Å². The van der Waals surface area contributed by atoms with Crippen molar-refractivity contribution in [3.8, 4) is 11.5 Å². The molecule has 2 aliphatic rings. The van der Waals surface area contributed by atoms with Gasteiger partial charge in [0, 0.05) is 17.9 Å². The van der Waals surface area contributed by atoms with E-state index in [2.05, 4.69) is 13.8 Å². The van der Waals surface area contributed by atoms with E-state index in [9.17, 15) is 9.90 Å². The molecule has 1 saturated carbocycles. The van der Waals surface area contributed by atoms with Gasteiger partial charge in [0.1, 0.15) is 11.4 Å². The molecule has 0 unspecified atom stereocenters. The minimum atomic E-state index is -0.873. The molecule has 1 aliphatic heterocycles. The fourth-order valence-corrected chi connectivity index (χ4v) is 5.63. The molecule has 3 rings (SSSR count). The van der Waals surface area contributed by atoms with Crippen LogP contribution in [0.5, 0.6) is 11.5 Å². The SMILES string of the molecule is CC(=O)Oc1c(Cl)cc(C[C@H]2C(C)(C)[C@@H](Cl)CC[C@]2(C)O)c2c1C[C@@H](Cl)C(C)(C)O2. The van der Waals surface area contributed by atoms with Crippen LogP contribution >= 0.6 is 34.8 Å². The molecule has 30 heavy (non-hydrogen) atoms. The van der Waals surface area contributed by atoms with Gasteiger partial charge in [-0.2, -0.15) is 0 Å². The van der Waals surface area contributed by atoms with Crippen molar-refractivity contribution in [2.75, 3.05) is 0 Å². The summed E-state index contributed by atoms with van der Waals surface area (Å²) in [5, 5.41) is 11.2. The van der Waals surface area contributed by atoms with Crippen LogP contribution in [0.4, 0.5) is 0 Å². The van der Waals surface area contributed by atoms with E-state index in [1.165, 1.54) is 6.92 Å². The minimum absolute atomic E-state index is 0.0427. The zero-order chi connectivity index (χ0) is 22.6. The zero-order valence-corrected chi connectivity index (χ0v) is 20.7. The molecule has 1 heterocycles. The molecule has 4 nitrogen and oxygen atoms in total. The molecular formula is C23H31Cl3O4. The lowest BCUT2D eigenvalue weighted by molar-refractivity contribution is -0.131. The maximum Gasteiger partial charge on any atom is 0.308 e. The third kappa shape index (κ3) is 4.30. The largest absolute Gasteiger partial charge is 0.486 e. The van der Waals surface area contributed by atoms with E-state index < -0.39 is 17.2 Å². The van der Waals surface area contributed by atoms with Crippen LogP contribution in [0.2, 0.25) is 5.02 Å². The standard InChI is InChI=1S/C23H31Cl3O4/c1-12(27)29-20-14-11-18(26)22(4,5)30-19(14)13(9-15(20)24)10-16-21(2,3)17(25)7-8-23(16,6)28/h9,16-18,28H,7-8,10-11H2,1-6H3/t16-,17-,18+,23-/m0/s1. The molecule has 7 heteroatoms. The van der Waals surface area contributed by atoms with Crippen LogP contribution in [0.25, 0.3) is 0 Å². The number of hydrogen-bond donors (Lipinski definition) is 1. The van der Waals surface area contributed by atoms with Gasteiger partial charge in [-0.05, 0) is 69.4 Å². The smallest absolute Gasteiger partial charge is 0.308 e. The van der Waals surface area contributed by atoms with E-state index in [0.29, 0.717) is 41.3 Å². The van der Waals surface area contributed by atoms with Gasteiger partial charge >= 0.3 is 5.97 Å². The predicted octanol–water partition coefficient (Wildman–Crippen LogP) is 5.92. The summed E-state index contributed by atoms with van der Waals surface area (Å²) in [6, 6.07) is 1.79. The lowest BCUT2D eigenvalue weighted by Gasteiger charge is -2.51. The highest BCUT2D eigenvalue weighted by atomic mass is 35.5. The van der Waals surface area contributed by atoms with Crippen molar-refractivity contribution in [1.82, 2.24) is 0 Å². The fraction of sp³-hybridized carbons (Fsp3) is 0.696. The average Bonchev–Trinajstić information content (AvgIpc) is 2.60. The summed E-state index contributed by atoms with van der Waals surface area (Å²) >= 11 is 19.8. The number of aliphatic hydroxyl groups is 1. The Balaban J connectivity index is 2.13. The van der Waals surface area contributed by atoms with Crippen molar-refractivity contribution in [3.05, 3.63) is 22.2 Å². The van der Waals surface area contributed by atoms with E-state index in [0.717, 1.165) is 12.0 Å². The molecule has 1 aromatic rings. The van der Waals surface area contributed by atoms with E-state index >= 15 is 0 Å². The van der Waals surface area contributed by atoms with Crippen LogP contribution < -0.4 is 9.47 Å². The molecule has 0 amide bonds. The van der Waals surface area contributed by atoms with Gasteiger partial charge in [0.25, 0.3) is 0 Å². The highest BCUT2D eigenvalue weighted by Gasteiger charge is 2.50. The Hall–Kier alpha value is -0.680. The van der Waals surface area contributed by atoms with Crippen LogP contribution in [0.3, 0.4) is 0 Å². The van der Waals surface area contributed by atoms with E-state index in [-0.39, 0.29) is 22.1 Å². The van der Waals surface area contributed by atoms with Crippen LogP contribution in [0.1, 0.15) is 65.5 Å². The second-order valence-electron chi connectivity index (χ2n) is 10.1. The number of benzene rings is 1. The van der Waals surface area contributed by atoms with E-state index in [1.807, 2.05) is 20.8 Å². The van der Waals surface area contributed by atoms with Crippen molar-refractivity contribution in [2.45, 2.75) is 89.2 Å². The molecule has 4 atom stereocenters. The molecule has 1 aliphatic carbocycles. The monoisotopic (exact) mass is 476 g/mol. The van der Waals surface area contributed by atoms with Gasteiger partial charge < -0.3 is 14.6 Å². The highest BCUT2D eigenvalue weighted by molar-refractivity contribution is 6.32. The summed E-state index contributed by atoms with van der Waals surface area (Å²) in [7, 11) is 0. The number of alkyl halides is 2. The van der Waals surface area contributed by atoms with Crippen molar-refractivity contribution in [3.63, 3.8) is 0 Å². The number of carbonyl (C=O) groups excluding carboxylic acids is 1. The van der Waals surface area contributed by atoms with Crippen LogP contribution in [0.15, 0.2) is 6.07 Å². The minimum Gasteiger partial charge on any atom is -0.486 e. The lowest BCUT2D eigenvalue weighted by Crippen LogP contribution is -2.53. The fourth-order valence-electron chi connectivity index (χ4n) is 4.88. The Kier molecular flexibility index (Phi) is 6.41. The summed E-state index contributed by atoms with van der Waals surface area (Å²) in [6.45, 7) is 11.3. The number of rotatable bonds is 3. The summed E-state index contributed by atoms with van der Waals surface area (Å²) in [4.78, 5) is 11.7. The molecular weight excluding hydrogens is 447 g/mol. The van der Waals surface area contributed by atoms with Crippen LogP contribution in [0, 0.1) is 11.3 Å². The van der Waals surface area contributed by atoms with Crippen LogP contribution in [-0.2, 0) is 17.6 Å². The first kappa shape index (κ1) is 24.0. The summed E-state index contributed by atoms with van der Waals surface area (Å²) in [6.07, 6.45) is 2.39. The molecule has 1 fully saturated rings. The van der Waals surface area contributed by atoms with Crippen LogP contribution in [-0.4, -0.2) is 33.0 Å². The topological polar surface area (TPSA) is 55.8 Å². The number of esters is 1. The van der Waals surface area contributed by atoms with Gasteiger partial charge in [0.05, 0.1) is 16.0 Å². The molecule has 0 bridgehead atoms. The Morgan fingerprint density at radius 3 is 2.47 bits per heavy atom. The Bertz CT molecular complexity index is 847. The third-order valence-electron chi connectivity index (χ3n) is 6.89. The van der Waals surface area contributed by atoms with Gasteiger partial charge in [-0.15, -0.1) is 23.2 Å². The maximum absolute atomic E-state index is 11.7. The molecule has 0 saturated heterocycles. The lowest BCUT2D eigenvalue weighted by atomic mass is 9.59. The van der Waals surface area contributed by atoms with Crippen molar-refractivity contribution in [2.24, 2.45) is 11.3 Å². The van der Waals surface area contributed by atoms with E-state index in [1.54, 1.807) is 6.07 Å². The molecule has 168 valence electrons. The number of halogens is 3. The number of ether oxygens (including phenoxy) is 2. The maximum atomic E-state index is 11.7. The number of hydrogen-bond acceptors (Lipinski definition) is 4. The predicted molar refractivity (Wildman–Crippen MR) is 121 cm³/mol. The van der Waals surface area contributed by atoms with Crippen molar-refractivity contribution >= 4 is 40.8 Å². The van der Waals surface area contributed by atoms with Crippen molar-refractivity contribution in [1.29, 1.82) is 0 Å². The zero-order valence-electron chi connectivity index (χ0n) is 18.4. The average molecular weight is 478 g/mol. The highest BCUT2D eigenvalue weighted by Crippen LogP contribution is 2.53. The second-order valence-corrected chi connectivity index (χ2v) is 11.5. The number of carbonyl (C=O) groups is 1.